The Labute approximate surface area is 94.8 Å². The Morgan fingerprint density at radius 2 is 1.86 bits per heavy atom. The number of benzene rings is 1. The molecule has 1 aromatic carbocycles. The number of halogens is 2. The first-order valence-electron chi connectivity index (χ1n) is 4.63. The average molecular weight is 230 g/mol. The fraction of sp³-hybridized carbons (Fsp3) is 0.364. The fourth-order valence-corrected chi connectivity index (χ4v) is 1.69. The van der Waals surface area contributed by atoms with Gasteiger partial charge in [-0.3, -0.25) is 4.99 Å². The zero-order valence-electron chi connectivity index (χ0n) is 8.35. The summed E-state index contributed by atoms with van der Waals surface area (Å²) in [6.07, 6.45) is 2.05. The van der Waals surface area contributed by atoms with Crippen molar-refractivity contribution < 1.29 is 0 Å². The molecule has 0 heterocycles. The van der Waals surface area contributed by atoms with Gasteiger partial charge in [-0.25, -0.2) is 0 Å². The summed E-state index contributed by atoms with van der Waals surface area (Å²) < 4.78 is 0. The van der Waals surface area contributed by atoms with E-state index in [1.165, 1.54) is 0 Å². The van der Waals surface area contributed by atoms with E-state index in [2.05, 4.69) is 11.9 Å². The van der Waals surface area contributed by atoms with Gasteiger partial charge in [-0.05, 0) is 25.5 Å². The second-order valence-corrected chi connectivity index (χ2v) is 3.98. The van der Waals surface area contributed by atoms with Crippen LogP contribution in [-0.4, -0.2) is 5.71 Å². The zero-order chi connectivity index (χ0) is 10.6. The molecular weight excluding hydrogens is 217 g/mol. The summed E-state index contributed by atoms with van der Waals surface area (Å²) in [5, 5.41) is 1.21. The van der Waals surface area contributed by atoms with Gasteiger partial charge < -0.3 is 0 Å². The van der Waals surface area contributed by atoms with E-state index in [1.807, 2.05) is 13.0 Å². The fourth-order valence-electron chi connectivity index (χ4n) is 1.20. The maximum atomic E-state index is 5.98. The van der Waals surface area contributed by atoms with Gasteiger partial charge in [-0.1, -0.05) is 42.6 Å². The normalized spacial score (nSPS) is 11.9. The van der Waals surface area contributed by atoms with E-state index in [0.29, 0.717) is 15.7 Å². The van der Waals surface area contributed by atoms with Gasteiger partial charge in [0.25, 0.3) is 0 Å². The molecule has 0 N–H and O–H groups in total. The summed E-state index contributed by atoms with van der Waals surface area (Å²) in [5.41, 5.74) is 1.74. The smallest absolute Gasteiger partial charge is 0.100 e. The highest BCUT2D eigenvalue weighted by Gasteiger charge is 2.03. The first kappa shape index (κ1) is 11.5. The quantitative estimate of drug-likeness (QED) is 0.655. The number of hydrogen-bond donors (Lipinski definition) is 0. The minimum Gasteiger partial charge on any atom is -0.255 e. The molecule has 0 unspecified atom stereocenters. The third-order valence-electron chi connectivity index (χ3n) is 1.85. The van der Waals surface area contributed by atoms with Crippen molar-refractivity contribution in [2.75, 3.05) is 0 Å². The third kappa shape index (κ3) is 3.00. The Hall–Kier alpha value is -0.530. The van der Waals surface area contributed by atoms with Crippen LogP contribution < -0.4 is 0 Å². The van der Waals surface area contributed by atoms with Crippen molar-refractivity contribution in [2.24, 2.45) is 4.99 Å². The molecule has 0 aliphatic carbocycles. The molecule has 0 aromatic heterocycles. The van der Waals surface area contributed by atoms with Gasteiger partial charge in [0, 0.05) is 5.71 Å². The third-order valence-corrected chi connectivity index (χ3v) is 2.46. The van der Waals surface area contributed by atoms with Crippen molar-refractivity contribution in [1.29, 1.82) is 0 Å². The monoisotopic (exact) mass is 229 g/mol. The molecule has 0 saturated carbocycles. The van der Waals surface area contributed by atoms with Gasteiger partial charge in [0.05, 0.1) is 10.0 Å². The Morgan fingerprint density at radius 1 is 1.29 bits per heavy atom. The molecule has 0 saturated heterocycles. The van der Waals surface area contributed by atoms with Gasteiger partial charge >= 0.3 is 0 Å². The molecule has 0 bridgehead atoms. The van der Waals surface area contributed by atoms with E-state index in [4.69, 9.17) is 23.2 Å². The lowest BCUT2D eigenvalue weighted by atomic mass is 10.2. The SMILES string of the molecule is CCCC(C)=Nc1c(Cl)cccc1Cl. The van der Waals surface area contributed by atoms with E-state index in [1.54, 1.807) is 12.1 Å². The molecule has 0 radical (unpaired) electrons. The second kappa shape index (κ2) is 5.38. The Bertz CT molecular complexity index is 325. The standard InChI is InChI=1S/C11H13Cl2N/c1-3-5-8(2)14-11-9(12)6-4-7-10(11)13/h4,6-7H,3,5H2,1-2H3. The molecule has 0 aliphatic heterocycles. The molecule has 3 heteroatoms. The van der Waals surface area contributed by atoms with Crippen molar-refractivity contribution in [3.8, 4) is 0 Å². The highest BCUT2D eigenvalue weighted by Crippen LogP contribution is 2.32. The molecule has 76 valence electrons. The van der Waals surface area contributed by atoms with Crippen LogP contribution in [0.25, 0.3) is 0 Å². The van der Waals surface area contributed by atoms with E-state index in [0.717, 1.165) is 18.6 Å². The lowest BCUT2D eigenvalue weighted by Gasteiger charge is -2.02. The van der Waals surface area contributed by atoms with Gasteiger partial charge in [-0.2, -0.15) is 0 Å². The van der Waals surface area contributed by atoms with E-state index >= 15 is 0 Å². The summed E-state index contributed by atoms with van der Waals surface area (Å²) in [6.45, 7) is 4.11. The zero-order valence-corrected chi connectivity index (χ0v) is 9.86. The highest BCUT2D eigenvalue weighted by atomic mass is 35.5. The maximum Gasteiger partial charge on any atom is 0.100 e. The van der Waals surface area contributed by atoms with Crippen molar-refractivity contribution >= 4 is 34.6 Å². The molecule has 14 heavy (non-hydrogen) atoms. The molecule has 0 fully saturated rings. The maximum absolute atomic E-state index is 5.98. The molecule has 0 atom stereocenters. The summed E-state index contributed by atoms with van der Waals surface area (Å²) in [4.78, 5) is 4.40. The van der Waals surface area contributed by atoms with E-state index in [-0.39, 0.29) is 0 Å². The Balaban J connectivity index is 3.01. The molecular formula is C11H13Cl2N. The first-order chi connectivity index (χ1) is 6.65. The lowest BCUT2D eigenvalue weighted by molar-refractivity contribution is 0.988. The van der Waals surface area contributed by atoms with Crippen molar-refractivity contribution in [3.05, 3.63) is 28.2 Å². The Morgan fingerprint density at radius 3 is 2.36 bits per heavy atom. The van der Waals surface area contributed by atoms with Gasteiger partial charge in [0.2, 0.25) is 0 Å². The second-order valence-electron chi connectivity index (χ2n) is 3.17. The van der Waals surface area contributed by atoms with Crippen LogP contribution in [0, 0.1) is 0 Å². The molecule has 1 rings (SSSR count). The lowest BCUT2D eigenvalue weighted by Crippen LogP contribution is -1.88. The van der Waals surface area contributed by atoms with Crippen LogP contribution in [0.5, 0.6) is 0 Å². The number of rotatable bonds is 3. The highest BCUT2D eigenvalue weighted by molar-refractivity contribution is 6.38. The minimum atomic E-state index is 0.605. The molecule has 1 nitrogen and oxygen atoms in total. The summed E-state index contributed by atoms with van der Waals surface area (Å²) >= 11 is 12.0. The van der Waals surface area contributed by atoms with Gasteiger partial charge in [-0.15, -0.1) is 0 Å². The van der Waals surface area contributed by atoms with E-state index in [9.17, 15) is 0 Å². The van der Waals surface area contributed by atoms with Crippen LogP contribution in [0.15, 0.2) is 23.2 Å². The van der Waals surface area contributed by atoms with Crippen molar-refractivity contribution in [1.82, 2.24) is 0 Å². The molecule has 0 amide bonds. The largest absolute Gasteiger partial charge is 0.255 e. The Kier molecular flexibility index (Phi) is 4.43. The van der Waals surface area contributed by atoms with Crippen molar-refractivity contribution in [2.45, 2.75) is 26.7 Å². The number of aliphatic imine (C=N–C) groups is 1. The van der Waals surface area contributed by atoms with Crippen LogP contribution in [0.1, 0.15) is 26.7 Å². The van der Waals surface area contributed by atoms with Crippen LogP contribution in [0.2, 0.25) is 10.0 Å². The number of hydrogen-bond acceptors (Lipinski definition) is 1. The predicted molar refractivity (Wildman–Crippen MR) is 64.1 cm³/mol. The van der Waals surface area contributed by atoms with Crippen LogP contribution in [0.3, 0.4) is 0 Å². The van der Waals surface area contributed by atoms with Crippen LogP contribution in [0.4, 0.5) is 5.69 Å². The summed E-state index contributed by atoms with van der Waals surface area (Å²) in [6, 6.07) is 5.41. The molecule has 0 aliphatic rings. The number of nitrogens with zero attached hydrogens (tertiary/aromatic N) is 1. The summed E-state index contributed by atoms with van der Waals surface area (Å²) in [7, 11) is 0. The average Bonchev–Trinajstić information content (AvgIpc) is 2.12. The molecule has 0 spiro atoms. The van der Waals surface area contributed by atoms with Crippen LogP contribution >= 0.6 is 23.2 Å². The first-order valence-corrected chi connectivity index (χ1v) is 5.39. The van der Waals surface area contributed by atoms with Crippen LogP contribution in [-0.2, 0) is 0 Å². The minimum absolute atomic E-state index is 0.605. The van der Waals surface area contributed by atoms with Crippen molar-refractivity contribution in [3.63, 3.8) is 0 Å². The predicted octanol–water partition coefficient (Wildman–Crippen LogP) is 4.89. The van der Waals surface area contributed by atoms with Gasteiger partial charge in [0.1, 0.15) is 5.69 Å². The number of para-hydroxylation sites is 1. The van der Waals surface area contributed by atoms with E-state index < -0.39 is 0 Å². The topological polar surface area (TPSA) is 12.4 Å². The molecule has 1 aromatic rings. The van der Waals surface area contributed by atoms with Gasteiger partial charge in [0.15, 0.2) is 0 Å². The summed E-state index contributed by atoms with van der Waals surface area (Å²) in [5.74, 6) is 0.